The Labute approximate surface area is 275 Å². The summed E-state index contributed by atoms with van der Waals surface area (Å²) in [5, 5.41) is 0. The molecule has 0 aliphatic carbocycles. The van der Waals surface area contributed by atoms with Gasteiger partial charge in [0.1, 0.15) is 11.4 Å². The summed E-state index contributed by atoms with van der Waals surface area (Å²) in [6, 6.07) is 9.78. The fourth-order valence-corrected chi connectivity index (χ4v) is 7.08. The third kappa shape index (κ3) is 7.13. The molecule has 0 spiro atoms. The lowest BCUT2D eigenvalue weighted by Crippen LogP contribution is -2.33. The number of para-hydroxylation sites is 2. The SMILES string of the molecule is CS(=O)(=O)N(OC(=O)/C=C\C(=O)OCS(=O)(=O)Nc1cccc2c1OCCC2c1cnc[nH]1)c1cccc2c1OCCC2c1cnc[nH]1. The zero-order valence-corrected chi connectivity index (χ0v) is 27.0. The molecule has 3 N–H and O–H groups in total. The minimum absolute atomic E-state index is 0.0522. The third-order valence-corrected chi connectivity index (χ3v) is 9.40. The molecule has 2 aliphatic heterocycles. The maximum atomic E-state index is 12.8. The van der Waals surface area contributed by atoms with Gasteiger partial charge in [-0.25, -0.2) is 36.4 Å². The number of hydrogen-bond donors (Lipinski definition) is 3. The van der Waals surface area contributed by atoms with Crippen molar-refractivity contribution in [1.29, 1.82) is 0 Å². The number of esters is 1. The number of carbonyl (C=O) groups excluding carboxylic acids is 2. The van der Waals surface area contributed by atoms with Gasteiger partial charge in [0.05, 0.1) is 37.8 Å². The van der Waals surface area contributed by atoms with Crippen molar-refractivity contribution < 1.29 is 45.5 Å². The van der Waals surface area contributed by atoms with E-state index in [-0.39, 0.29) is 35.6 Å². The summed E-state index contributed by atoms with van der Waals surface area (Å²) in [6.45, 7) is 0.599. The number of anilines is 2. The zero-order valence-electron chi connectivity index (χ0n) is 25.4. The van der Waals surface area contributed by atoms with E-state index in [0.717, 1.165) is 23.2 Å². The van der Waals surface area contributed by atoms with E-state index in [9.17, 15) is 26.4 Å². The molecule has 0 saturated carbocycles. The maximum Gasteiger partial charge on any atom is 0.357 e. The molecule has 2 aliphatic rings. The number of aromatic nitrogens is 4. The number of benzene rings is 2. The Morgan fingerprint density at radius 1 is 0.896 bits per heavy atom. The van der Waals surface area contributed by atoms with Gasteiger partial charge in [0.25, 0.3) is 20.0 Å². The smallest absolute Gasteiger partial charge is 0.357 e. The maximum absolute atomic E-state index is 12.8. The van der Waals surface area contributed by atoms with E-state index in [1.807, 2.05) is 6.07 Å². The molecule has 2 atom stereocenters. The Bertz CT molecular complexity index is 2050. The van der Waals surface area contributed by atoms with Crippen molar-refractivity contribution >= 4 is 43.4 Å². The van der Waals surface area contributed by atoms with Crippen LogP contribution in [-0.2, 0) is 39.2 Å². The van der Waals surface area contributed by atoms with Gasteiger partial charge in [-0.2, -0.15) is 0 Å². The molecule has 0 saturated heterocycles. The van der Waals surface area contributed by atoms with Gasteiger partial charge in [0.2, 0.25) is 5.94 Å². The first kappa shape index (κ1) is 32.6. The monoisotopic (exact) mass is 698 g/mol. The fraction of sp³-hybridized carbons (Fsp3) is 0.267. The number of ether oxygens (including phenoxy) is 3. The summed E-state index contributed by atoms with van der Waals surface area (Å²) in [7, 11) is -8.43. The predicted molar refractivity (Wildman–Crippen MR) is 170 cm³/mol. The van der Waals surface area contributed by atoms with Crippen LogP contribution < -0.4 is 18.7 Å². The Hall–Kier alpha value is -5.36. The minimum Gasteiger partial charge on any atom is -0.491 e. The van der Waals surface area contributed by atoms with Crippen LogP contribution in [0.5, 0.6) is 11.5 Å². The molecule has 2 aromatic carbocycles. The van der Waals surface area contributed by atoms with Gasteiger partial charge in [-0.3, -0.25) is 4.72 Å². The molecule has 252 valence electrons. The molecule has 6 rings (SSSR count). The van der Waals surface area contributed by atoms with E-state index < -0.39 is 37.9 Å². The zero-order chi connectivity index (χ0) is 33.9. The van der Waals surface area contributed by atoms with Crippen molar-refractivity contribution in [2.45, 2.75) is 24.7 Å². The van der Waals surface area contributed by atoms with E-state index in [4.69, 9.17) is 19.0 Å². The van der Waals surface area contributed by atoms with E-state index >= 15 is 0 Å². The number of aromatic amines is 2. The lowest BCUT2D eigenvalue weighted by atomic mass is 9.90. The molecule has 0 radical (unpaired) electrons. The second kappa shape index (κ2) is 13.4. The topological polar surface area (TPSA) is 212 Å². The number of nitrogens with one attached hydrogen (secondary N) is 3. The van der Waals surface area contributed by atoms with Crippen LogP contribution in [0.15, 0.2) is 73.6 Å². The second-order valence-corrected chi connectivity index (χ2v) is 14.3. The molecule has 4 heterocycles. The Kier molecular flexibility index (Phi) is 9.09. The van der Waals surface area contributed by atoms with Gasteiger partial charge in [-0.15, -0.1) is 0 Å². The summed E-state index contributed by atoms with van der Waals surface area (Å²) >= 11 is 0. The van der Waals surface area contributed by atoms with Crippen molar-refractivity contribution in [3.63, 3.8) is 0 Å². The lowest BCUT2D eigenvalue weighted by Gasteiger charge is -2.29. The molecule has 0 bridgehead atoms. The summed E-state index contributed by atoms with van der Waals surface area (Å²) in [5.41, 5.74) is 3.18. The van der Waals surface area contributed by atoms with Gasteiger partial charge in [-0.1, -0.05) is 28.7 Å². The first-order chi connectivity index (χ1) is 23.0. The number of fused-ring (bicyclic) bond motifs is 2. The molecular weight excluding hydrogens is 668 g/mol. The highest BCUT2D eigenvalue weighted by molar-refractivity contribution is 7.92. The number of carbonyl (C=O) groups is 2. The number of imidazole rings is 2. The first-order valence-electron chi connectivity index (χ1n) is 14.6. The molecule has 48 heavy (non-hydrogen) atoms. The van der Waals surface area contributed by atoms with Gasteiger partial charge in [0, 0.05) is 58.9 Å². The Morgan fingerprint density at radius 3 is 2.08 bits per heavy atom. The van der Waals surface area contributed by atoms with Crippen LogP contribution in [-0.4, -0.2) is 74.1 Å². The quantitative estimate of drug-likeness (QED) is 0.117. The van der Waals surface area contributed by atoms with E-state index in [1.165, 1.54) is 18.5 Å². The van der Waals surface area contributed by atoms with Crippen LogP contribution >= 0.6 is 0 Å². The molecule has 2 aromatic heterocycles. The first-order valence-corrected chi connectivity index (χ1v) is 18.1. The molecule has 0 amide bonds. The fourth-order valence-electron chi connectivity index (χ4n) is 5.54. The molecule has 4 aromatic rings. The highest BCUT2D eigenvalue weighted by Crippen LogP contribution is 2.44. The molecule has 2 unspecified atom stereocenters. The number of hydrogen-bond acceptors (Lipinski definition) is 12. The lowest BCUT2D eigenvalue weighted by molar-refractivity contribution is -0.139. The van der Waals surface area contributed by atoms with Crippen molar-refractivity contribution in [3.8, 4) is 11.5 Å². The van der Waals surface area contributed by atoms with Crippen LogP contribution in [0, 0.1) is 0 Å². The summed E-state index contributed by atoms with van der Waals surface area (Å²) < 4.78 is 70.2. The van der Waals surface area contributed by atoms with Gasteiger partial charge in [0.15, 0.2) is 5.75 Å². The summed E-state index contributed by atoms with van der Waals surface area (Å²) in [4.78, 5) is 44.3. The average molecular weight is 699 g/mol. The van der Waals surface area contributed by atoms with Gasteiger partial charge >= 0.3 is 11.9 Å². The highest BCUT2D eigenvalue weighted by Gasteiger charge is 2.32. The van der Waals surface area contributed by atoms with Gasteiger partial charge < -0.3 is 29.0 Å². The van der Waals surface area contributed by atoms with Crippen molar-refractivity contribution in [1.82, 2.24) is 19.9 Å². The Morgan fingerprint density at radius 2 is 1.48 bits per heavy atom. The second-order valence-electron chi connectivity index (χ2n) is 10.8. The number of nitrogens with zero attached hydrogens (tertiary/aromatic N) is 3. The van der Waals surface area contributed by atoms with Crippen LogP contribution in [0.25, 0.3) is 0 Å². The van der Waals surface area contributed by atoms with Crippen LogP contribution in [0.4, 0.5) is 11.4 Å². The average Bonchev–Trinajstić information content (AvgIpc) is 3.80. The third-order valence-electron chi connectivity index (χ3n) is 7.56. The molecule has 0 fully saturated rings. The summed E-state index contributed by atoms with van der Waals surface area (Å²) in [6.07, 6.45) is 9.76. The highest BCUT2D eigenvalue weighted by atomic mass is 32.2. The molecule has 18 heteroatoms. The molecular formula is C30H30N6O10S2. The molecule has 16 nitrogen and oxygen atoms in total. The van der Waals surface area contributed by atoms with E-state index in [0.29, 0.717) is 47.4 Å². The normalized spacial score (nSPS) is 17.4. The largest absolute Gasteiger partial charge is 0.491 e. The standard InChI is InChI=1S/C30H30N6O10S2/c1-47(39,40)36(26-7-3-5-22-20(11-13-44-30(22)26)25-15-32-17-34-25)46-28(38)9-8-27(37)45-18-48(41,42)35-23-6-2-4-21-19(10-12-43-29(21)23)24-14-31-16-33-24/h2-9,14-17,19-20,35H,10-13,18H2,1H3,(H,31,33)(H,32,34)/b9-8-. The van der Waals surface area contributed by atoms with Crippen LogP contribution in [0.1, 0.15) is 47.2 Å². The van der Waals surface area contributed by atoms with Crippen LogP contribution in [0.3, 0.4) is 0 Å². The predicted octanol–water partition coefficient (Wildman–Crippen LogP) is 2.68. The van der Waals surface area contributed by atoms with Crippen molar-refractivity contribution in [2.24, 2.45) is 0 Å². The van der Waals surface area contributed by atoms with Crippen molar-refractivity contribution in [2.75, 3.05) is 34.6 Å². The Balaban J connectivity index is 1.10. The van der Waals surface area contributed by atoms with E-state index in [2.05, 4.69) is 24.7 Å². The number of rotatable bonds is 11. The summed E-state index contributed by atoms with van der Waals surface area (Å²) in [5.74, 6) is -3.25. The van der Waals surface area contributed by atoms with Gasteiger partial charge in [-0.05, 0) is 25.0 Å². The van der Waals surface area contributed by atoms with Crippen LogP contribution in [0.2, 0.25) is 0 Å². The minimum atomic E-state index is -4.23. The number of sulfonamides is 2. The van der Waals surface area contributed by atoms with Crippen molar-refractivity contribution in [3.05, 3.63) is 96.1 Å². The number of H-pyrrole nitrogens is 2. The van der Waals surface area contributed by atoms with E-state index in [1.54, 1.807) is 36.9 Å².